The Kier molecular flexibility index (Phi) is 7.13. The van der Waals surface area contributed by atoms with Gasteiger partial charge in [-0.05, 0) is 37.1 Å². The molecule has 1 aliphatic rings. The third-order valence-corrected chi connectivity index (χ3v) is 7.64. The first-order valence-corrected chi connectivity index (χ1v) is 11.4. The molecule has 0 spiro atoms. The lowest BCUT2D eigenvalue weighted by Crippen LogP contribution is -2.43. The van der Waals surface area contributed by atoms with Gasteiger partial charge in [-0.1, -0.05) is 29.3 Å². The third kappa shape index (κ3) is 4.67. The smallest absolute Gasteiger partial charge is 0.243 e. The monoisotopic (exact) mass is 472 g/mol. The molecule has 0 saturated carbocycles. The van der Waals surface area contributed by atoms with Crippen LogP contribution in [0.3, 0.4) is 0 Å². The molecule has 1 N–H and O–H groups in total. The van der Waals surface area contributed by atoms with Crippen molar-refractivity contribution in [2.45, 2.75) is 17.7 Å². The lowest BCUT2D eigenvalue weighted by molar-refractivity contribution is -0.120. The van der Waals surface area contributed by atoms with Crippen LogP contribution in [-0.2, 0) is 14.8 Å². The van der Waals surface area contributed by atoms with Crippen LogP contribution < -0.4 is 14.8 Å². The van der Waals surface area contributed by atoms with Gasteiger partial charge in [0.05, 0.1) is 40.8 Å². The van der Waals surface area contributed by atoms with Crippen LogP contribution in [0, 0.1) is 5.92 Å². The van der Waals surface area contributed by atoms with Gasteiger partial charge < -0.3 is 14.8 Å². The van der Waals surface area contributed by atoms with Crippen LogP contribution in [0.15, 0.2) is 41.3 Å². The fourth-order valence-corrected chi connectivity index (χ4v) is 5.22. The maximum Gasteiger partial charge on any atom is 0.243 e. The summed E-state index contributed by atoms with van der Waals surface area (Å²) in [5, 5.41) is 3.33. The first kappa shape index (κ1) is 22.7. The summed E-state index contributed by atoms with van der Waals surface area (Å²) < 4.78 is 38.0. The van der Waals surface area contributed by atoms with Crippen LogP contribution in [0.25, 0.3) is 0 Å². The van der Waals surface area contributed by atoms with Crippen molar-refractivity contribution in [3.63, 3.8) is 0 Å². The number of hydrogen-bond acceptors (Lipinski definition) is 5. The maximum absolute atomic E-state index is 13.1. The number of methoxy groups -OCH3 is 2. The molecule has 0 radical (unpaired) electrons. The number of hydrogen-bond donors (Lipinski definition) is 1. The second kappa shape index (κ2) is 9.43. The van der Waals surface area contributed by atoms with Crippen LogP contribution in [0.4, 0.5) is 5.69 Å². The zero-order valence-electron chi connectivity index (χ0n) is 16.5. The van der Waals surface area contributed by atoms with E-state index < -0.39 is 15.9 Å². The first-order chi connectivity index (χ1) is 14.3. The Hall–Kier alpha value is -2.00. The van der Waals surface area contributed by atoms with Crippen molar-refractivity contribution in [1.29, 1.82) is 0 Å². The largest absolute Gasteiger partial charge is 0.493 e. The first-order valence-electron chi connectivity index (χ1n) is 9.25. The van der Waals surface area contributed by atoms with Gasteiger partial charge in [-0.15, -0.1) is 0 Å². The SMILES string of the molecule is COc1ccc(S(=O)(=O)N2CCCC(C(=O)Nc3cccc(Cl)c3Cl)C2)cc1OC. The molecule has 7 nitrogen and oxygen atoms in total. The highest BCUT2D eigenvalue weighted by atomic mass is 35.5. The molecule has 1 atom stereocenters. The number of benzene rings is 2. The average molecular weight is 473 g/mol. The van der Waals surface area contributed by atoms with E-state index in [1.807, 2.05) is 0 Å². The fourth-order valence-electron chi connectivity index (χ4n) is 3.34. The fraction of sp³-hybridized carbons (Fsp3) is 0.350. The van der Waals surface area contributed by atoms with E-state index >= 15 is 0 Å². The van der Waals surface area contributed by atoms with Gasteiger partial charge in [0.1, 0.15) is 0 Å². The number of carbonyl (C=O) groups is 1. The Labute approximate surface area is 185 Å². The van der Waals surface area contributed by atoms with Gasteiger partial charge >= 0.3 is 0 Å². The van der Waals surface area contributed by atoms with Crippen molar-refractivity contribution in [1.82, 2.24) is 4.31 Å². The Morgan fingerprint density at radius 3 is 2.57 bits per heavy atom. The molecular weight excluding hydrogens is 451 g/mol. The van der Waals surface area contributed by atoms with E-state index in [0.717, 1.165) is 0 Å². The number of rotatable bonds is 6. The molecule has 0 aromatic heterocycles. The maximum atomic E-state index is 13.1. The summed E-state index contributed by atoms with van der Waals surface area (Å²) >= 11 is 12.1. The molecule has 162 valence electrons. The number of carbonyl (C=O) groups excluding carboxylic acids is 1. The minimum absolute atomic E-state index is 0.0701. The standard InChI is InChI=1S/C20H22Cl2N2O5S/c1-28-17-9-8-14(11-18(17)29-2)30(26,27)24-10-4-5-13(12-24)20(25)23-16-7-3-6-15(21)19(16)22/h3,6-9,11,13H,4-5,10,12H2,1-2H3,(H,23,25). The molecule has 30 heavy (non-hydrogen) atoms. The minimum Gasteiger partial charge on any atom is -0.493 e. The van der Waals surface area contributed by atoms with Gasteiger partial charge in [0.25, 0.3) is 0 Å². The van der Waals surface area contributed by atoms with E-state index in [0.29, 0.717) is 41.6 Å². The number of piperidine rings is 1. The van der Waals surface area contributed by atoms with Crippen LogP contribution in [0.2, 0.25) is 10.0 Å². The van der Waals surface area contributed by atoms with Gasteiger partial charge in [0, 0.05) is 19.2 Å². The van der Waals surface area contributed by atoms with Crippen LogP contribution >= 0.6 is 23.2 Å². The van der Waals surface area contributed by atoms with Crippen molar-refractivity contribution in [3.8, 4) is 11.5 Å². The molecule has 1 fully saturated rings. The average Bonchev–Trinajstić information content (AvgIpc) is 2.76. The number of sulfonamides is 1. The molecule has 2 aromatic carbocycles. The Balaban J connectivity index is 1.78. The normalized spacial score (nSPS) is 17.4. The van der Waals surface area contributed by atoms with Crippen molar-refractivity contribution in [2.75, 3.05) is 32.6 Å². The summed E-state index contributed by atoms with van der Waals surface area (Å²) in [7, 11) is -0.884. The van der Waals surface area contributed by atoms with Crippen LogP contribution in [-0.4, -0.2) is 45.9 Å². The molecule has 10 heteroatoms. The third-order valence-electron chi connectivity index (χ3n) is 4.96. The molecule has 3 rings (SSSR count). The van der Waals surface area contributed by atoms with Crippen LogP contribution in [0.5, 0.6) is 11.5 Å². The summed E-state index contributed by atoms with van der Waals surface area (Å²) in [5.74, 6) is -0.0543. The number of anilines is 1. The Bertz CT molecular complexity index is 1050. The molecule has 1 aliphatic heterocycles. The number of halogens is 2. The number of ether oxygens (including phenoxy) is 2. The highest BCUT2D eigenvalue weighted by Gasteiger charge is 2.34. The summed E-state index contributed by atoms with van der Waals surface area (Å²) in [6.45, 7) is 0.402. The van der Waals surface area contributed by atoms with Gasteiger partial charge in [-0.2, -0.15) is 4.31 Å². The summed E-state index contributed by atoms with van der Waals surface area (Å²) in [4.78, 5) is 12.8. The van der Waals surface area contributed by atoms with E-state index in [2.05, 4.69) is 5.32 Å². The van der Waals surface area contributed by atoms with Crippen molar-refractivity contribution in [3.05, 3.63) is 46.4 Å². The number of amides is 1. The molecule has 1 amide bonds. The quantitative estimate of drug-likeness (QED) is 0.685. The Morgan fingerprint density at radius 2 is 1.87 bits per heavy atom. The van der Waals surface area contributed by atoms with Crippen molar-refractivity contribution < 1.29 is 22.7 Å². The molecule has 0 aliphatic carbocycles. The summed E-state index contributed by atoms with van der Waals surface area (Å²) in [6, 6.07) is 9.37. The van der Waals surface area contributed by atoms with Gasteiger partial charge in [0.15, 0.2) is 11.5 Å². The van der Waals surface area contributed by atoms with Crippen LogP contribution in [0.1, 0.15) is 12.8 Å². The van der Waals surface area contributed by atoms with Gasteiger partial charge in [0.2, 0.25) is 15.9 Å². The molecule has 1 unspecified atom stereocenters. The molecule has 1 heterocycles. The zero-order chi connectivity index (χ0) is 21.9. The molecule has 0 bridgehead atoms. The van der Waals surface area contributed by atoms with E-state index in [-0.39, 0.29) is 22.4 Å². The van der Waals surface area contributed by atoms with E-state index in [9.17, 15) is 13.2 Å². The molecular formula is C20H22Cl2N2O5S. The van der Waals surface area contributed by atoms with Crippen molar-refractivity contribution in [2.24, 2.45) is 5.92 Å². The predicted octanol–water partition coefficient (Wildman–Crippen LogP) is 4.05. The highest BCUT2D eigenvalue weighted by molar-refractivity contribution is 7.89. The predicted molar refractivity (Wildman–Crippen MR) is 116 cm³/mol. The van der Waals surface area contributed by atoms with E-state index in [1.54, 1.807) is 24.3 Å². The number of nitrogens with one attached hydrogen (secondary N) is 1. The summed E-state index contributed by atoms with van der Waals surface area (Å²) in [6.07, 6.45) is 1.13. The second-order valence-corrected chi connectivity index (χ2v) is 9.53. The van der Waals surface area contributed by atoms with E-state index in [4.69, 9.17) is 32.7 Å². The minimum atomic E-state index is -3.80. The lowest BCUT2D eigenvalue weighted by Gasteiger charge is -2.31. The van der Waals surface area contributed by atoms with E-state index in [1.165, 1.54) is 30.7 Å². The van der Waals surface area contributed by atoms with Gasteiger partial charge in [-0.25, -0.2) is 8.42 Å². The summed E-state index contributed by atoms with van der Waals surface area (Å²) in [5.41, 5.74) is 0.397. The number of nitrogens with zero attached hydrogens (tertiary/aromatic N) is 1. The Morgan fingerprint density at radius 1 is 1.13 bits per heavy atom. The lowest BCUT2D eigenvalue weighted by atomic mass is 9.99. The highest BCUT2D eigenvalue weighted by Crippen LogP contribution is 2.33. The zero-order valence-corrected chi connectivity index (χ0v) is 18.9. The molecule has 2 aromatic rings. The van der Waals surface area contributed by atoms with Crippen molar-refractivity contribution >= 4 is 44.8 Å². The topological polar surface area (TPSA) is 84.9 Å². The molecule has 1 saturated heterocycles. The second-order valence-electron chi connectivity index (χ2n) is 6.81. The van der Waals surface area contributed by atoms with Gasteiger partial charge in [-0.3, -0.25) is 4.79 Å².